The van der Waals surface area contributed by atoms with Crippen molar-refractivity contribution in [3.8, 4) is 0 Å². The molecule has 0 bridgehead atoms. The van der Waals surface area contributed by atoms with Gasteiger partial charge in [0.2, 0.25) is 11.8 Å². The predicted molar refractivity (Wildman–Crippen MR) is 98.0 cm³/mol. The molecule has 9 nitrogen and oxygen atoms in total. The van der Waals surface area contributed by atoms with Gasteiger partial charge in [-0.2, -0.15) is 0 Å². The van der Waals surface area contributed by atoms with Gasteiger partial charge < -0.3 is 13.7 Å². The molecule has 1 unspecified atom stereocenters. The average Bonchev–Trinajstić information content (AvgIpc) is 3.30. The standard InChI is InChI=1S/C18H29N7O2/c1-3-16-20-21-17(27-16)13-25-6-4-5-14(11-25)18-22-19-15(23(18)2)12-24-7-9-26-10-8-24/h14H,3-13H2,1-2H3. The lowest BCUT2D eigenvalue weighted by molar-refractivity contribution is 0.0326. The Balaban J connectivity index is 1.39. The van der Waals surface area contributed by atoms with Gasteiger partial charge in [0.1, 0.15) is 11.6 Å². The third-order valence-electron chi connectivity index (χ3n) is 5.51. The fourth-order valence-electron chi connectivity index (χ4n) is 3.92. The van der Waals surface area contributed by atoms with E-state index in [0.29, 0.717) is 24.2 Å². The van der Waals surface area contributed by atoms with Gasteiger partial charge in [0.25, 0.3) is 0 Å². The molecule has 0 radical (unpaired) electrons. The summed E-state index contributed by atoms with van der Waals surface area (Å²) in [6, 6.07) is 0. The van der Waals surface area contributed by atoms with Gasteiger partial charge in [-0.1, -0.05) is 6.92 Å². The van der Waals surface area contributed by atoms with E-state index < -0.39 is 0 Å². The van der Waals surface area contributed by atoms with E-state index in [1.807, 2.05) is 6.92 Å². The Bertz CT molecular complexity index is 738. The fourth-order valence-corrected chi connectivity index (χ4v) is 3.92. The topological polar surface area (TPSA) is 85.3 Å². The number of likely N-dealkylation sites (tertiary alicyclic amines) is 1. The minimum absolute atomic E-state index is 0.392. The van der Waals surface area contributed by atoms with Crippen molar-refractivity contribution >= 4 is 0 Å². The Morgan fingerprint density at radius 3 is 2.56 bits per heavy atom. The Labute approximate surface area is 159 Å². The van der Waals surface area contributed by atoms with Gasteiger partial charge in [-0.3, -0.25) is 9.80 Å². The molecular formula is C18H29N7O2. The number of morpholine rings is 1. The van der Waals surface area contributed by atoms with Crippen LogP contribution in [0.25, 0.3) is 0 Å². The largest absolute Gasteiger partial charge is 0.424 e. The molecule has 4 rings (SSSR count). The minimum Gasteiger partial charge on any atom is -0.424 e. The molecule has 0 amide bonds. The van der Waals surface area contributed by atoms with E-state index in [1.54, 1.807) is 0 Å². The van der Waals surface area contributed by atoms with Crippen LogP contribution in [0.1, 0.15) is 49.1 Å². The lowest BCUT2D eigenvalue weighted by Crippen LogP contribution is -2.36. The second-order valence-corrected chi connectivity index (χ2v) is 7.44. The number of piperidine rings is 1. The lowest BCUT2D eigenvalue weighted by atomic mass is 9.97. The van der Waals surface area contributed by atoms with Gasteiger partial charge in [0, 0.05) is 39.0 Å². The second kappa shape index (κ2) is 8.45. The lowest BCUT2D eigenvalue weighted by Gasteiger charge is -2.31. The van der Waals surface area contributed by atoms with Crippen molar-refractivity contribution in [3.05, 3.63) is 23.4 Å². The predicted octanol–water partition coefficient (Wildman–Crippen LogP) is 0.972. The SMILES string of the molecule is CCc1nnc(CN2CCCC(c3nnc(CN4CCOCC4)n3C)C2)o1. The van der Waals surface area contributed by atoms with Gasteiger partial charge in [0.05, 0.1) is 26.3 Å². The van der Waals surface area contributed by atoms with Gasteiger partial charge >= 0.3 is 0 Å². The quantitative estimate of drug-likeness (QED) is 0.738. The summed E-state index contributed by atoms with van der Waals surface area (Å²) < 4.78 is 13.3. The van der Waals surface area contributed by atoms with Crippen LogP contribution >= 0.6 is 0 Å². The Morgan fingerprint density at radius 1 is 0.963 bits per heavy atom. The van der Waals surface area contributed by atoms with E-state index in [4.69, 9.17) is 9.15 Å². The van der Waals surface area contributed by atoms with E-state index in [2.05, 4.69) is 41.8 Å². The van der Waals surface area contributed by atoms with Crippen LogP contribution in [0.4, 0.5) is 0 Å². The first-order valence-corrected chi connectivity index (χ1v) is 9.94. The summed E-state index contributed by atoms with van der Waals surface area (Å²) in [5.41, 5.74) is 0. The van der Waals surface area contributed by atoms with Crippen molar-refractivity contribution in [1.29, 1.82) is 0 Å². The van der Waals surface area contributed by atoms with Crippen molar-refractivity contribution in [2.75, 3.05) is 39.4 Å². The third-order valence-corrected chi connectivity index (χ3v) is 5.51. The first-order valence-electron chi connectivity index (χ1n) is 9.94. The van der Waals surface area contributed by atoms with Crippen LogP contribution in [-0.4, -0.2) is 74.2 Å². The molecule has 0 aromatic carbocycles. The molecule has 148 valence electrons. The van der Waals surface area contributed by atoms with Crippen LogP contribution in [0.2, 0.25) is 0 Å². The first kappa shape index (κ1) is 18.5. The van der Waals surface area contributed by atoms with Crippen molar-refractivity contribution in [2.24, 2.45) is 7.05 Å². The first-order chi connectivity index (χ1) is 13.2. The highest BCUT2D eigenvalue weighted by Crippen LogP contribution is 2.27. The Hall–Kier alpha value is -1.84. The van der Waals surface area contributed by atoms with Crippen LogP contribution in [0.15, 0.2) is 4.42 Å². The molecule has 4 heterocycles. The van der Waals surface area contributed by atoms with E-state index in [1.165, 1.54) is 0 Å². The van der Waals surface area contributed by atoms with Crippen LogP contribution < -0.4 is 0 Å². The molecule has 2 aliphatic rings. The summed E-state index contributed by atoms with van der Waals surface area (Å²) in [6.45, 7) is 9.11. The number of hydrogen-bond donors (Lipinski definition) is 0. The van der Waals surface area contributed by atoms with Gasteiger partial charge in [-0.25, -0.2) is 0 Å². The van der Waals surface area contributed by atoms with Crippen molar-refractivity contribution < 1.29 is 9.15 Å². The van der Waals surface area contributed by atoms with Crippen LogP contribution in [0.5, 0.6) is 0 Å². The number of rotatable bonds is 6. The number of aryl methyl sites for hydroxylation is 1. The number of hydrogen-bond acceptors (Lipinski definition) is 8. The van der Waals surface area contributed by atoms with Crippen LogP contribution in [0, 0.1) is 0 Å². The molecule has 0 spiro atoms. The zero-order chi connectivity index (χ0) is 18.6. The van der Waals surface area contributed by atoms with Gasteiger partial charge in [-0.05, 0) is 19.4 Å². The van der Waals surface area contributed by atoms with E-state index in [-0.39, 0.29) is 0 Å². The van der Waals surface area contributed by atoms with E-state index in [0.717, 1.165) is 76.8 Å². The van der Waals surface area contributed by atoms with Crippen LogP contribution in [-0.2, 0) is 31.3 Å². The molecule has 2 fully saturated rings. The van der Waals surface area contributed by atoms with Gasteiger partial charge in [0.15, 0.2) is 0 Å². The summed E-state index contributed by atoms with van der Waals surface area (Å²) in [7, 11) is 2.09. The number of ether oxygens (including phenoxy) is 1. The van der Waals surface area contributed by atoms with E-state index >= 15 is 0 Å². The highest BCUT2D eigenvalue weighted by Gasteiger charge is 2.27. The molecule has 9 heteroatoms. The molecule has 2 aromatic rings. The van der Waals surface area contributed by atoms with Crippen molar-refractivity contribution in [1.82, 2.24) is 34.8 Å². The maximum Gasteiger partial charge on any atom is 0.230 e. The third kappa shape index (κ3) is 4.36. The summed E-state index contributed by atoms with van der Waals surface area (Å²) >= 11 is 0. The van der Waals surface area contributed by atoms with Crippen molar-refractivity contribution in [3.63, 3.8) is 0 Å². The maximum atomic E-state index is 5.68. The Kier molecular flexibility index (Phi) is 5.80. The summed E-state index contributed by atoms with van der Waals surface area (Å²) in [5.74, 6) is 3.93. The molecule has 1 atom stereocenters. The summed E-state index contributed by atoms with van der Waals surface area (Å²) in [6.07, 6.45) is 3.07. The molecule has 0 saturated carbocycles. The molecular weight excluding hydrogens is 346 g/mol. The monoisotopic (exact) mass is 375 g/mol. The molecule has 0 aliphatic carbocycles. The molecule has 2 aromatic heterocycles. The summed E-state index contributed by atoms with van der Waals surface area (Å²) in [4.78, 5) is 4.77. The Morgan fingerprint density at radius 2 is 1.78 bits per heavy atom. The molecule has 27 heavy (non-hydrogen) atoms. The average molecular weight is 375 g/mol. The normalized spacial score (nSPS) is 22.4. The highest BCUT2D eigenvalue weighted by atomic mass is 16.5. The number of aromatic nitrogens is 5. The fraction of sp³-hybridized carbons (Fsp3) is 0.778. The second-order valence-electron chi connectivity index (χ2n) is 7.44. The zero-order valence-electron chi connectivity index (χ0n) is 16.3. The van der Waals surface area contributed by atoms with Crippen molar-refractivity contribution in [2.45, 2.75) is 45.2 Å². The molecule has 2 aliphatic heterocycles. The molecule has 2 saturated heterocycles. The zero-order valence-corrected chi connectivity index (χ0v) is 16.3. The molecule has 0 N–H and O–H groups in total. The maximum absolute atomic E-state index is 5.68. The highest BCUT2D eigenvalue weighted by molar-refractivity contribution is 5.04. The summed E-state index contributed by atoms with van der Waals surface area (Å²) in [5, 5.41) is 17.2. The number of nitrogens with zero attached hydrogens (tertiary/aromatic N) is 7. The smallest absolute Gasteiger partial charge is 0.230 e. The van der Waals surface area contributed by atoms with Gasteiger partial charge in [-0.15, -0.1) is 20.4 Å². The van der Waals surface area contributed by atoms with Crippen LogP contribution in [0.3, 0.4) is 0 Å². The van der Waals surface area contributed by atoms with E-state index in [9.17, 15) is 0 Å². The minimum atomic E-state index is 0.392.